The van der Waals surface area contributed by atoms with Gasteiger partial charge >= 0.3 is 0 Å². The molecule has 4 nitrogen and oxygen atoms in total. The van der Waals surface area contributed by atoms with Crippen molar-refractivity contribution in [1.82, 2.24) is 15.2 Å². The lowest BCUT2D eigenvalue weighted by molar-refractivity contribution is 0.0942. The zero-order valence-corrected chi connectivity index (χ0v) is 12.0. The molecule has 0 aliphatic heterocycles. The number of likely N-dealkylation sites (N-methyl/N-ethyl adjacent to an activating group) is 1. The van der Waals surface area contributed by atoms with Crippen LogP contribution < -0.4 is 5.32 Å². The van der Waals surface area contributed by atoms with Gasteiger partial charge < -0.3 is 10.2 Å². The van der Waals surface area contributed by atoms with Crippen LogP contribution in [0.4, 0.5) is 0 Å². The molecule has 17 heavy (non-hydrogen) atoms. The van der Waals surface area contributed by atoms with Gasteiger partial charge in [0.2, 0.25) is 0 Å². The SMILES string of the molecule is CC(C)N(C)CCNC(=O)c1ncccc1Br. The zero-order chi connectivity index (χ0) is 12.8. The number of nitrogens with zero attached hydrogens (tertiary/aromatic N) is 2. The maximum atomic E-state index is 11.8. The van der Waals surface area contributed by atoms with Gasteiger partial charge in [0.25, 0.3) is 5.91 Å². The number of pyridine rings is 1. The highest BCUT2D eigenvalue weighted by molar-refractivity contribution is 9.10. The van der Waals surface area contributed by atoms with Crippen LogP contribution in [0.3, 0.4) is 0 Å². The monoisotopic (exact) mass is 299 g/mol. The van der Waals surface area contributed by atoms with Gasteiger partial charge in [-0.3, -0.25) is 4.79 Å². The minimum atomic E-state index is -0.144. The third-order valence-corrected chi connectivity index (χ3v) is 3.25. The van der Waals surface area contributed by atoms with Crippen LogP contribution in [0, 0.1) is 0 Å². The Morgan fingerprint density at radius 2 is 2.29 bits per heavy atom. The van der Waals surface area contributed by atoms with E-state index >= 15 is 0 Å². The van der Waals surface area contributed by atoms with Gasteiger partial charge in [-0.05, 0) is 49.0 Å². The number of hydrogen-bond donors (Lipinski definition) is 1. The first-order chi connectivity index (χ1) is 8.02. The van der Waals surface area contributed by atoms with Gasteiger partial charge in [0.1, 0.15) is 5.69 Å². The van der Waals surface area contributed by atoms with Gasteiger partial charge in [-0.2, -0.15) is 0 Å². The average Bonchev–Trinajstić information content (AvgIpc) is 2.29. The summed E-state index contributed by atoms with van der Waals surface area (Å²) in [6.07, 6.45) is 1.61. The Labute approximate surface area is 111 Å². The molecule has 0 fully saturated rings. The summed E-state index contributed by atoms with van der Waals surface area (Å²) in [7, 11) is 2.04. The zero-order valence-electron chi connectivity index (χ0n) is 10.4. The summed E-state index contributed by atoms with van der Waals surface area (Å²) in [5.74, 6) is -0.144. The van der Waals surface area contributed by atoms with Crippen LogP contribution in [-0.4, -0.2) is 42.0 Å². The fraction of sp³-hybridized carbons (Fsp3) is 0.500. The molecule has 5 heteroatoms. The van der Waals surface area contributed by atoms with Gasteiger partial charge in [-0.1, -0.05) is 0 Å². The summed E-state index contributed by atoms with van der Waals surface area (Å²) < 4.78 is 0.717. The molecule has 0 spiro atoms. The van der Waals surface area contributed by atoms with E-state index in [1.54, 1.807) is 12.3 Å². The molecule has 1 rings (SSSR count). The minimum absolute atomic E-state index is 0.144. The standard InChI is InChI=1S/C12H18BrN3O/c1-9(2)16(3)8-7-15-12(17)11-10(13)5-4-6-14-11/h4-6,9H,7-8H2,1-3H3,(H,15,17). The van der Waals surface area contributed by atoms with Crippen LogP contribution in [0.1, 0.15) is 24.3 Å². The van der Waals surface area contributed by atoms with Crippen molar-refractivity contribution in [2.75, 3.05) is 20.1 Å². The minimum Gasteiger partial charge on any atom is -0.349 e. The number of amides is 1. The molecule has 0 unspecified atom stereocenters. The van der Waals surface area contributed by atoms with Gasteiger partial charge in [0.05, 0.1) is 0 Å². The second-order valence-corrected chi connectivity index (χ2v) is 5.02. The number of carbonyl (C=O) groups excluding carboxylic acids is 1. The molecule has 1 N–H and O–H groups in total. The maximum absolute atomic E-state index is 11.8. The fourth-order valence-corrected chi connectivity index (χ4v) is 1.68. The first kappa shape index (κ1) is 14.1. The third-order valence-electron chi connectivity index (χ3n) is 2.61. The summed E-state index contributed by atoms with van der Waals surface area (Å²) >= 11 is 3.31. The molecule has 1 amide bonds. The van der Waals surface area contributed by atoms with E-state index in [-0.39, 0.29) is 5.91 Å². The average molecular weight is 300 g/mol. The van der Waals surface area contributed by atoms with E-state index in [1.165, 1.54) is 0 Å². The molecule has 0 bridgehead atoms. The van der Waals surface area contributed by atoms with Crippen molar-refractivity contribution in [2.24, 2.45) is 0 Å². The molecule has 0 saturated heterocycles. The van der Waals surface area contributed by atoms with Crippen molar-refractivity contribution >= 4 is 21.8 Å². The van der Waals surface area contributed by atoms with Gasteiger partial charge in [0.15, 0.2) is 0 Å². The molecule has 1 aromatic heterocycles. The second kappa shape index (κ2) is 6.71. The molecule has 94 valence electrons. The molecule has 0 radical (unpaired) electrons. The van der Waals surface area contributed by atoms with E-state index in [0.717, 1.165) is 11.0 Å². The van der Waals surface area contributed by atoms with E-state index in [9.17, 15) is 4.79 Å². The van der Waals surface area contributed by atoms with Crippen LogP contribution in [0.15, 0.2) is 22.8 Å². The number of carbonyl (C=O) groups is 1. The smallest absolute Gasteiger partial charge is 0.271 e. The van der Waals surface area contributed by atoms with Crippen molar-refractivity contribution in [3.05, 3.63) is 28.5 Å². The number of halogens is 1. The summed E-state index contributed by atoms with van der Waals surface area (Å²) in [5, 5.41) is 2.85. The summed E-state index contributed by atoms with van der Waals surface area (Å²) in [6, 6.07) is 4.07. The highest BCUT2D eigenvalue weighted by atomic mass is 79.9. The quantitative estimate of drug-likeness (QED) is 0.903. The first-order valence-electron chi connectivity index (χ1n) is 5.61. The molecule has 0 aliphatic carbocycles. The van der Waals surface area contributed by atoms with E-state index in [1.807, 2.05) is 13.1 Å². The highest BCUT2D eigenvalue weighted by Crippen LogP contribution is 2.12. The molecule has 0 aromatic carbocycles. The van der Waals surface area contributed by atoms with E-state index in [4.69, 9.17) is 0 Å². The van der Waals surface area contributed by atoms with E-state index in [2.05, 4.69) is 45.0 Å². The van der Waals surface area contributed by atoms with Crippen molar-refractivity contribution in [1.29, 1.82) is 0 Å². The summed E-state index contributed by atoms with van der Waals surface area (Å²) in [5.41, 5.74) is 0.430. The number of nitrogens with one attached hydrogen (secondary N) is 1. The Morgan fingerprint density at radius 3 is 2.88 bits per heavy atom. The van der Waals surface area contributed by atoms with Crippen LogP contribution in [0.25, 0.3) is 0 Å². The lowest BCUT2D eigenvalue weighted by atomic mass is 10.3. The number of rotatable bonds is 5. The van der Waals surface area contributed by atoms with Gasteiger partial charge in [0, 0.05) is 29.8 Å². The lowest BCUT2D eigenvalue weighted by Gasteiger charge is -2.20. The third kappa shape index (κ3) is 4.44. The Bertz CT molecular complexity index is 382. The number of aromatic nitrogens is 1. The van der Waals surface area contributed by atoms with Crippen molar-refractivity contribution in [3.8, 4) is 0 Å². The molecule has 0 aliphatic rings. The Morgan fingerprint density at radius 1 is 1.59 bits per heavy atom. The Hall–Kier alpha value is -0.940. The highest BCUT2D eigenvalue weighted by Gasteiger charge is 2.10. The van der Waals surface area contributed by atoms with Crippen LogP contribution >= 0.6 is 15.9 Å². The largest absolute Gasteiger partial charge is 0.349 e. The van der Waals surface area contributed by atoms with E-state index in [0.29, 0.717) is 18.3 Å². The molecule has 1 heterocycles. The molecular formula is C12H18BrN3O. The summed E-state index contributed by atoms with van der Waals surface area (Å²) in [6.45, 7) is 5.69. The van der Waals surface area contributed by atoms with Crippen LogP contribution in [-0.2, 0) is 0 Å². The predicted octanol–water partition coefficient (Wildman–Crippen LogP) is 1.91. The van der Waals surface area contributed by atoms with Crippen molar-refractivity contribution in [2.45, 2.75) is 19.9 Å². The van der Waals surface area contributed by atoms with Gasteiger partial charge in [-0.15, -0.1) is 0 Å². The maximum Gasteiger partial charge on any atom is 0.271 e. The molecule has 0 atom stereocenters. The van der Waals surface area contributed by atoms with Crippen molar-refractivity contribution in [3.63, 3.8) is 0 Å². The van der Waals surface area contributed by atoms with Gasteiger partial charge in [-0.25, -0.2) is 4.98 Å². The van der Waals surface area contributed by atoms with Crippen molar-refractivity contribution < 1.29 is 4.79 Å². The van der Waals surface area contributed by atoms with Crippen LogP contribution in [0.5, 0.6) is 0 Å². The first-order valence-corrected chi connectivity index (χ1v) is 6.40. The molecular weight excluding hydrogens is 282 g/mol. The molecule has 1 aromatic rings. The predicted molar refractivity (Wildman–Crippen MR) is 72.0 cm³/mol. The lowest BCUT2D eigenvalue weighted by Crippen LogP contribution is -2.36. The topological polar surface area (TPSA) is 45.2 Å². The normalized spacial score (nSPS) is 10.9. The second-order valence-electron chi connectivity index (χ2n) is 4.16. The van der Waals surface area contributed by atoms with E-state index < -0.39 is 0 Å². The Balaban J connectivity index is 2.43. The summed E-state index contributed by atoms with van der Waals surface area (Å²) in [4.78, 5) is 18.0. The van der Waals surface area contributed by atoms with Crippen LogP contribution in [0.2, 0.25) is 0 Å². The number of hydrogen-bond acceptors (Lipinski definition) is 3. The molecule has 0 saturated carbocycles. The Kier molecular flexibility index (Phi) is 5.58. The fourth-order valence-electron chi connectivity index (χ4n) is 1.24.